The molecule has 0 atom stereocenters. The molecule has 2 rings (SSSR count). The van der Waals surface area contributed by atoms with Crippen LogP contribution in [-0.2, 0) is 10.2 Å². The van der Waals surface area contributed by atoms with Crippen LogP contribution in [0.3, 0.4) is 0 Å². The summed E-state index contributed by atoms with van der Waals surface area (Å²) in [5.74, 6) is 0. The number of hydrogen-bond acceptors (Lipinski definition) is 3. The molecule has 0 saturated carbocycles. The summed E-state index contributed by atoms with van der Waals surface area (Å²) >= 11 is 0. The lowest BCUT2D eigenvalue weighted by atomic mass is 9.87. The number of rotatable bonds is 2. The maximum Gasteiger partial charge on any atom is 0.130 e. The van der Waals surface area contributed by atoms with Gasteiger partial charge in [0.05, 0.1) is 11.7 Å². The first-order chi connectivity index (χ1) is 9.04. The smallest absolute Gasteiger partial charge is 0.130 e. The van der Waals surface area contributed by atoms with Gasteiger partial charge in [0.2, 0.25) is 0 Å². The number of aryl methyl sites for hydroxylation is 1. The van der Waals surface area contributed by atoms with Gasteiger partial charge in [-0.3, -0.25) is 0 Å². The molecule has 0 aliphatic rings. The number of aromatic nitrogens is 2. The molecule has 2 aromatic heterocycles. The van der Waals surface area contributed by atoms with Crippen LogP contribution in [0.15, 0.2) is 24.5 Å². The minimum Gasteiger partial charge on any atom is -0.333 e. The quantitative estimate of drug-likeness (QED) is 0.847. The van der Waals surface area contributed by atoms with E-state index in [0.29, 0.717) is 0 Å². The van der Waals surface area contributed by atoms with E-state index in [1.165, 1.54) is 7.05 Å². The predicted molar refractivity (Wildman–Crippen MR) is 80.5 cm³/mol. The number of aldehydes is 1. The number of fused-ring (bicyclic) bond motifs is 1. The molecule has 4 heteroatoms. The molecule has 2 aromatic rings. The highest BCUT2D eigenvalue weighted by Crippen LogP contribution is 2.21. The van der Waals surface area contributed by atoms with Crippen LogP contribution in [0.5, 0.6) is 0 Å². The molecule has 0 saturated heterocycles. The van der Waals surface area contributed by atoms with E-state index in [1.807, 2.05) is 63.7 Å². The fourth-order valence-corrected chi connectivity index (χ4v) is 1.56. The number of carbonyl (C=O) groups is 1. The first-order valence-corrected chi connectivity index (χ1v) is 6.53. The predicted octanol–water partition coefficient (Wildman–Crippen LogP) is 2.72. The van der Waals surface area contributed by atoms with Crippen molar-refractivity contribution < 1.29 is 4.79 Å². The standard InChI is InChI=1S/C12H14N2O.C2H6.CH5N/c1-9-6-13-14-7-10(4-5-11(9)14)12(2,3)8-15;2*1-2/h4-8H,1-3H3;1-2H3;2H2,1H3. The second-order valence-electron chi connectivity index (χ2n) is 4.41. The minimum absolute atomic E-state index is 0.450. The van der Waals surface area contributed by atoms with Crippen molar-refractivity contribution in [1.82, 2.24) is 9.61 Å². The summed E-state index contributed by atoms with van der Waals surface area (Å²) < 4.78 is 1.82. The first kappa shape index (κ1) is 17.3. The van der Waals surface area contributed by atoms with Crippen molar-refractivity contribution in [3.63, 3.8) is 0 Å². The fourth-order valence-electron chi connectivity index (χ4n) is 1.56. The maximum absolute atomic E-state index is 10.9. The Kier molecular flexibility index (Phi) is 7.01. The number of nitrogens with two attached hydrogens (primary N) is 1. The van der Waals surface area contributed by atoms with E-state index in [0.717, 1.165) is 22.9 Å². The average molecular weight is 263 g/mol. The Bertz CT molecular complexity index is 515. The zero-order valence-corrected chi connectivity index (χ0v) is 12.8. The third-order valence-corrected chi connectivity index (χ3v) is 2.75. The summed E-state index contributed by atoms with van der Waals surface area (Å²) in [6.45, 7) is 9.82. The number of pyridine rings is 1. The van der Waals surface area contributed by atoms with Gasteiger partial charge in [-0.1, -0.05) is 19.9 Å². The van der Waals surface area contributed by atoms with Gasteiger partial charge >= 0.3 is 0 Å². The van der Waals surface area contributed by atoms with Crippen molar-refractivity contribution in [2.45, 2.75) is 40.0 Å². The lowest BCUT2D eigenvalue weighted by Gasteiger charge is -2.17. The Morgan fingerprint density at radius 3 is 2.37 bits per heavy atom. The normalized spacial score (nSPS) is 10.1. The van der Waals surface area contributed by atoms with E-state index in [4.69, 9.17) is 0 Å². The highest BCUT2D eigenvalue weighted by Gasteiger charge is 2.20. The summed E-state index contributed by atoms with van der Waals surface area (Å²) in [4.78, 5) is 10.9. The van der Waals surface area contributed by atoms with Gasteiger partial charge in [-0.15, -0.1) is 0 Å². The van der Waals surface area contributed by atoms with Gasteiger partial charge in [-0.25, -0.2) is 4.52 Å². The van der Waals surface area contributed by atoms with Crippen LogP contribution in [-0.4, -0.2) is 22.9 Å². The van der Waals surface area contributed by atoms with E-state index in [1.54, 1.807) is 0 Å². The van der Waals surface area contributed by atoms with Gasteiger partial charge in [-0.05, 0) is 45.0 Å². The SMILES string of the molecule is CC.CN.Cc1cnn2cc(C(C)(C)C=O)ccc12. The molecular formula is C15H25N3O. The van der Waals surface area contributed by atoms with Crippen molar-refractivity contribution in [3.05, 3.63) is 35.7 Å². The summed E-state index contributed by atoms with van der Waals surface area (Å²) in [5, 5.41) is 4.23. The number of carbonyl (C=O) groups excluding carboxylic acids is 1. The Morgan fingerprint density at radius 1 is 1.26 bits per heavy atom. The van der Waals surface area contributed by atoms with E-state index in [-0.39, 0.29) is 0 Å². The molecule has 0 amide bonds. The lowest BCUT2D eigenvalue weighted by Crippen LogP contribution is -2.19. The summed E-state index contributed by atoms with van der Waals surface area (Å²) in [5.41, 5.74) is 7.26. The summed E-state index contributed by atoms with van der Waals surface area (Å²) in [6.07, 6.45) is 4.70. The van der Waals surface area contributed by atoms with Gasteiger partial charge in [0.15, 0.2) is 0 Å². The second kappa shape index (κ2) is 7.69. The number of hydrogen-bond donors (Lipinski definition) is 1. The van der Waals surface area contributed by atoms with E-state index >= 15 is 0 Å². The molecule has 0 fully saturated rings. The highest BCUT2D eigenvalue weighted by molar-refractivity contribution is 5.67. The van der Waals surface area contributed by atoms with Gasteiger partial charge in [0.25, 0.3) is 0 Å². The van der Waals surface area contributed by atoms with Crippen LogP contribution in [0.2, 0.25) is 0 Å². The van der Waals surface area contributed by atoms with Gasteiger partial charge < -0.3 is 10.5 Å². The molecule has 0 unspecified atom stereocenters. The molecule has 0 aliphatic heterocycles. The minimum atomic E-state index is -0.450. The van der Waals surface area contributed by atoms with Crippen molar-refractivity contribution in [2.24, 2.45) is 5.73 Å². The zero-order valence-electron chi connectivity index (χ0n) is 12.8. The molecular weight excluding hydrogens is 238 g/mol. The van der Waals surface area contributed by atoms with Crippen LogP contribution in [0.4, 0.5) is 0 Å². The third kappa shape index (κ3) is 3.89. The Hall–Kier alpha value is -1.68. The van der Waals surface area contributed by atoms with E-state index in [9.17, 15) is 4.79 Å². The Labute approximate surface area is 115 Å². The van der Waals surface area contributed by atoms with E-state index < -0.39 is 5.41 Å². The summed E-state index contributed by atoms with van der Waals surface area (Å²) in [7, 11) is 1.50. The van der Waals surface area contributed by atoms with Crippen LogP contribution >= 0.6 is 0 Å². The van der Waals surface area contributed by atoms with Gasteiger partial charge in [0.1, 0.15) is 6.29 Å². The molecule has 0 aromatic carbocycles. The van der Waals surface area contributed by atoms with Crippen molar-refractivity contribution in [2.75, 3.05) is 7.05 Å². The van der Waals surface area contributed by atoms with Crippen LogP contribution in [0, 0.1) is 6.92 Å². The third-order valence-electron chi connectivity index (χ3n) is 2.75. The van der Waals surface area contributed by atoms with Crippen LogP contribution < -0.4 is 5.73 Å². The topological polar surface area (TPSA) is 60.4 Å². The molecule has 106 valence electrons. The van der Waals surface area contributed by atoms with Gasteiger partial charge in [-0.2, -0.15) is 5.10 Å². The van der Waals surface area contributed by atoms with Crippen molar-refractivity contribution in [3.8, 4) is 0 Å². The molecule has 2 heterocycles. The Balaban J connectivity index is 0.000000741. The Morgan fingerprint density at radius 2 is 1.84 bits per heavy atom. The van der Waals surface area contributed by atoms with Gasteiger partial charge in [0, 0.05) is 11.6 Å². The monoisotopic (exact) mass is 263 g/mol. The lowest BCUT2D eigenvalue weighted by molar-refractivity contribution is -0.111. The molecule has 0 aliphatic carbocycles. The second-order valence-corrected chi connectivity index (χ2v) is 4.41. The molecule has 0 spiro atoms. The number of nitrogens with zero attached hydrogens (tertiary/aromatic N) is 2. The van der Waals surface area contributed by atoms with Crippen LogP contribution in [0.25, 0.3) is 5.52 Å². The van der Waals surface area contributed by atoms with Crippen molar-refractivity contribution in [1.29, 1.82) is 0 Å². The van der Waals surface area contributed by atoms with Crippen molar-refractivity contribution >= 4 is 11.8 Å². The maximum atomic E-state index is 10.9. The molecule has 0 bridgehead atoms. The summed E-state index contributed by atoms with van der Waals surface area (Å²) in [6, 6.07) is 3.99. The van der Waals surface area contributed by atoms with Crippen LogP contribution in [0.1, 0.15) is 38.8 Å². The molecule has 0 radical (unpaired) electrons. The average Bonchev–Trinajstić information content (AvgIpc) is 2.84. The molecule has 2 N–H and O–H groups in total. The largest absolute Gasteiger partial charge is 0.333 e. The first-order valence-electron chi connectivity index (χ1n) is 6.53. The van der Waals surface area contributed by atoms with E-state index in [2.05, 4.69) is 10.8 Å². The molecule has 4 nitrogen and oxygen atoms in total. The highest BCUT2D eigenvalue weighted by atomic mass is 16.1. The molecule has 19 heavy (non-hydrogen) atoms. The fraction of sp³-hybridized carbons (Fsp3) is 0.467. The zero-order chi connectivity index (χ0) is 15.1.